The van der Waals surface area contributed by atoms with Crippen molar-refractivity contribution in [3.05, 3.63) is 29.8 Å². The van der Waals surface area contributed by atoms with E-state index in [0.717, 1.165) is 35.9 Å². The summed E-state index contributed by atoms with van der Waals surface area (Å²) in [6.45, 7) is 3.86. The van der Waals surface area contributed by atoms with Crippen molar-refractivity contribution in [2.45, 2.75) is 37.2 Å². The highest BCUT2D eigenvalue weighted by molar-refractivity contribution is 14.1. The number of sulfonamides is 1. The van der Waals surface area contributed by atoms with Gasteiger partial charge in [-0.3, -0.25) is 0 Å². The molecule has 4 nitrogen and oxygen atoms in total. The van der Waals surface area contributed by atoms with E-state index in [9.17, 15) is 8.42 Å². The van der Waals surface area contributed by atoms with Gasteiger partial charge < -0.3 is 4.74 Å². The molecule has 1 spiro atoms. The second-order valence-electron chi connectivity index (χ2n) is 6.46. The average Bonchev–Trinajstić information content (AvgIpc) is 2.91. The molecule has 3 rings (SSSR count). The van der Waals surface area contributed by atoms with E-state index in [4.69, 9.17) is 4.74 Å². The van der Waals surface area contributed by atoms with E-state index in [1.165, 1.54) is 0 Å². The highest BCUT2D eigenvalue weighted by atomic mass is 127. The molecular formula is C16H22INO3S. The molecule has 2 aliphatic rings. The Labute approximate surface area is 146 Å². The predicted octanol–water partition coefficient (Wildman–Crippen LogP) is 2.99. The van der Waals surface area contributed by atoms with Gasteiger partial charge in [0.25, 0.3) is 0 Å². The van der Waals surface area contributed by atoms with Crippen molar-refractivity contribution in [2.24, 2.45) is 5.41 Å². The van der Waals surface area contributed by atoms with Crippen LogP contribution in [0.25, 0.3) is 0 Å². The molecule has 2 saturated heterocycles. The highest BCUT2D eigenvalue weighted by Crippen LogP contribution is 2.43. The number of ether oxygens (including phenoxy) is 1. The molecule has 0 bridgehead atoms. The molecule has 0 saturated carbocycles. The number of piperidine rings is 1. The molecule has 1 unspecified atom stereocenters. The second-order valence-corrected chi connectivity index (χ2v) is 9.25. The van der Waals surface area contributed by atoms with Crippen molar-refractivity contribution in [1.82, 2.24) is 4.31 Å². The topological polar surface area (TPSA) is 46.6 Å². The molecule has 22 heavy (non-hydrogen) atoms. The standard InChI is InChI=1S/C16H22INO3S/c1-13-4-2-3-5-15(13)22(19,20)18-8-6-16(7-9-18)10-14(11-17)21-12-16/h2-5,14H,6-12H2,1H3. The minimum atomic E-state index is -3.37. The summed E-state index contributed by atoms with van der Waals surface area (Å²) in [7, 11) is -3.37. The first kappa shape index (κ1) is 16.7. The maximum Gasteiger partial charge on any atom is 0.243 e. The minimum Gasteiger partial charge on any atom is -0.377 e. The van der Waals surface area contributed by atoms with Crippen LogP contribution in [-0.2, 0) is 14.8 Å². The number of benzene rings is 1. The molecule has 2 aliphatic heterocycles. The van der Waals surface area contributed by atoms with E-state index in [1.807, 2.05) is 19.1 Å². The van der Waals surface area contributed by atoms with Crippen molar-refractivity contribution in [1.29, 1.82) is 0 Å². The van der Waals surface area contributed by atoms with E-state index < -0.39 is 10.0 Å². The van der Waals surface area contributed by atoms with E-state index in [2.05, 4.69) is 22.6 Å². The van der Waals surface area contributed by atoms with Gasteiger partial charge in [0.15, 0.2) is 0 Å². The Bertz CT molecular complexity index is 639. The third kappa shape index (κ3) is 3.07. The fourth-order valence-electron chi connectivity index (χ4n) is 3.53. The van der Waals surface area contributed by atoms with Crippen LogP contribution in [-0.4, -0.2) is 43.0 Å². The fraction of sp³-hybridized carbons (Fsp3) is 0.625. The quantitative estimate of drug-likeness (QED) is 0.542. The lowest BCUT2D eigenvalue weighted by Gasteiger charge is -2.37. The summed E-state index contributed by atoms with van der Waals surface area (Å²) in [5, 5.41) is 0. The number of rotatable bonds is 3. The molecule has 0 N–H and O–H groups in total. The van der Waals surface area contributed by atoms with Crippen LogP contribution in [0.3, 0.4) is 0 Å². The first-order chi connectivity index (χ1) is 10.5. The summed E-state index contributed by atoms with van der Waals surface area (Å²) in [5.41, 5.74) is 1.02. The molecule has 0 aliphatic carbocycles. The normalized spacial score (nSPS) is 25.6. The third-order valence-corrected chi connectivity index (χ3v) is 7.99. The first-order valence-electron chi connectivity index (χ1n) is 7.70. The maximum absolute atomic E-state index is 12.8. The molecule has 0 aromatic heterocycles. The number of alkyl halides is 1. The smallest absolute Gasteiger partial charge is 0.243 e. The average molecular weight is 435 g/mol. The third-order valence-electron chi connectivity index (χ3n) is 4.95. The summed E-state index contributed by atoms with van der Waals surface area (Å²) in [6.07, 6.45) is 3.24. The maximum atomic E-state index is 12.8. The lowest BCUT2D eigenvalue weighted by molar-refractivity contribution is 0.0883. The zero-order valence-electron chi connectivity index (χ0n) is 12.8. The van der Waals surface area contributed by atoms with Crippen molar-refractivity contribution in [3.8, 4) is 0 Å². The SMILES string of the molecule is Cc1ccccc1S(=O)(=O)N1CCC2(CC1)COC(CI)C2. The van der Waals surface area contributed by atoms with Crippen LogP contribution in [0.2, 0.25) is 0 Å². The van der Waals surface area contributed by atoms with Gasteiger partial charge in [-0.05, 0) is 43.2 Å². The number of halogens is 1. The highest BCUT2D eigenvalue weighted by Gasteiger charge is 2.44. The summed E-state index contributed by atoms with van der Waals surface area (Å²) in [5.74, 6) is 0. The van der Waals surface area contributed by atoms with Crippen LogP contribution in [0.1, 0.15) is 24.8 Å². The van der Waals surface area contributed by atoms with Gasteiger partial charge in [0.1, 0.15) is 0 Å². The Morgan fingerprint density at radius 3 is 2.59 bits per heavy atom. The summed E-state index contributed by atoms with van der Waals surface area (Å²) in [6, 6.07) is 7.23. The van der Waals surface area contributed by atoms with Gasteiger partial charge in [0, 0.05) is 17.5 Å². The molecule has 122 valence electrons. The van der Waals surface area contributed by atoms with E-state index in [-0.39, 0.29) is 5.41 Å². The van der Waals surface area contributed by atoms with Crippen LogP contribution in [0.4, 0.5) is 0 Å². The van der Waals surface area contributed by atoms with Gasteiger partial charge in [0.05, 0.1) is 17.6 Å². The number of aryl methyl sites for hydroxylation is 1. The molecule has 1 aromatic carbocycles. The van der Waals surface area contributed by atoms with Gasteiger partial charge in [-0.2, -0.15) is 4.31 Å². The van der Waals surface area contributed by atoms with Gasteiger partial charge in [-0.15, -0.1) is 0 Å². The molecule has 6 heteroatoms. The van der Waals surface area contributed by atoms with Crippen molar-refractivity contribution < 1.29 is 13.2 Å². The lowest BCUT2D eigenvalue weighted by Crippen LogP contribution is -2.43. The number of hydrogen-bond donors (Lipinski definition) is 0. The predicted molar refractivity (Wildman–Crippen MR) is 94.8 cm³/mol. The summed E-state index contributed by atoms with van der Waals surface area (Å²) < 4.78 is 34.2. The molecule has 1 atom stereocenters. The van der Waals surface area contributed by atoms with Crippen LogP contribution in [0.5, 0.6) is 0 Å². The van der Waals surface area contributed by atoms with Crippen LogP contribution < -0.4 is 0 Å². The molecule has 1 aromatic rings. The van der Waals surface area contributed by atoms with Gasteiger partial charge >= 0.3 is 0 Å². The zero-order valence-corrected chi connectivity index (χ0v) is 15.8. The van der Waals surface area contributed by atoms with Gasteiger partial charge in [-0.1, -0.05) is 40.8 Å². The molecule has 2 fully saturated rings. The Hall–Kier alpha value is -0.180. The lowest BCUT2D eigenvalue weighted by atomic mass is 9.77. The molecular weight excluding hydrogens is 413 g/mol. The van der Waals surface area contributed by atoms with Crippen LogP contribution in [0, 0.1) is 12.3 Å². The van der Waals surface area contributed by atoms with Gasteiger partial charge in [0.2, 0.25) is 10.0 Å². The largest absolute Gasteiger partial charge is 0.377 e. The van der Waals surface area contributed by atoms with Crippen molar-refractivity contribution >= 4 is 32.6 Å². The first-order valence-corrected chi connectivity index (χ1v) is 10.7. The monoisotopic (exact) mass is 435 g/mol. The zero-order chi connectivity index (χ0) is 15.8. The van der Waals surface area contributed by atoms with Crippen LogP contribution in [0.15, 0.2) is 29.2 Å². The summed E-state index contributed by atoms with van der Waals surface area (Å²) in [4.78, 5) is 0.443. The number of hydrogen-bond acceptors (Lipinski definition) is 3. The van der Waals surface area contributed by atoms with E-state index in [0.29, 0.717) is 24.1 Å². The Kier molecular flexibility index (Phi) is 4.83. The van der Waals surface area contributed by atoms with E-state index >= 15 is 0 Å². The van der Waals surface area contributed by atoms with E-state index in [1.54, 1.807) is 16.4 Å². The Balaban J connectivity index is 1.73. The molecule has 0 radical (unpaired) electrons. The summed E-state index contributed by atoms with van der Waals surface area (Å²) >= 11 is 2.37. The Morgan fingerprint density at radius 1 is 1.32 bits per heavy atom. The van der Waals surface area contributed by atoms with Crippen LogP contribution >= 0.6 is 22.6 Å². The molecule has 2 heterocycles. The number of nitrogens with zero attached hydrogens (tertiary/aromatic N) is 1. The fourth-order valence-corrected chi connectivity index (χ4v) is 5.76. The minimum absolute atomic E-state index is 0.202. The van der Waals surface area contributed by atoms with Crippen molar-refractivity contribution in [2.75, 3.05) is 24.1 Å². The second kappa shape index (κ2) is 6.37. The van der Waals surface area contributed by atoms with Gasteiger partial charge in [-0.25, -0.2) is 8.42 Å². The van der Waals surface area contributed by atoms with Crippen molar-refractivity contribution in [3.63, 3.8) is 0 Å². The molecule has 0 amide bonds. The Morgan fingerprint density at radius 2 is 2.00 bits per heavy atom.